The first kappa shape index (κ1) is 9.57. The lowest BCUT2D eigenvalue weighted by molar-refractivity contribution is 0.0697. The minimum Gasteiger partial charge on any atom is -0.478 e. The van der Waals surface area contributed by atoms with Gasteiger partial charge in [-0.05, 0) is 23.7 Å². The SMILES string of the molecule is [N-]=[N+]=Nc1cc(C(=O)O)ccc1Br. The van der Waals surface area contributed by atoms with Gasteiger partial charge in [-0.2, -0.15) is 0 Å². The molecule has 6 heteroatoms. The van der Waals surface area contributed by atoms with Crippen molar-refractivity contribution in [1.82, 2.24) is 0 Å². The highest BCUT2D eigenvalue weighted by Gasteiger charge is 2.04. The first-order valence-corrected chi connectivity index (χ1v) is 4.02. The van der Waals surface area contributed by atoms with E-state index in [9.17, 15) is 4.79 Å². The molecule has 5 nitrogen and oxygen atoms in total. The van der Waals surface area contributed by atoms with Crippen LogP contribution in [0, 0.1) is 0 Å². The van der Waals surface area contributed by atoms with Gasteiger partial charge in [0, 0.05) is 9.38 Å². The average Bonchev–Trinajstić information content (AvgIpc) is 2.08. The maximum Gasteiger partial charge on any atom is 0.335 e. The number of carboxylic acids is 1. The number of aromatic carboxylic acids is 1. The van der Waals surface area contributed by atoms with E-state index >= 15 is 0 Å². The van der Waals surface area contributed by atoms with Crippen LogP contribution in [0.5, 0.6) is 0 Å². The second-order valence-corrected chi connectivity index (χ2v) is 3.02. The molecular formula is C7H4BrN3O2. The Labute approximate surface area is 81.8 Å². The van der Waals surface area contributed by atoms with Crippen LogP contribution in [-0.4, -0.2) is 11.1 Å². The van der Waals surface area contributed by atoms with Gasteiger partial charge in [-0.1, -0.05) is 21.0 Å². The van der Waals surface area contributed by atoms with E-state index in [0.29, 0.717) is 4.47 Å². The quantitative estimate of drug-likeness (QED) is 0.490. The fourth-order valence-corrected chi connectivity index (χ4v) is 1.10. The number of rotatable bonds is 2. The molecule has 1 aromatic rings. The van der Waals surface area contributed by atoms with Crippen LogP contribution in [0.3, 0.4) is 0 Å². The van der Waals surface area contributed by atoms with Crippen molar-refractivity contribution in [3.8, 4) is 0 Å². The molecule has 1 aromatic carbocycles. The Hall–Kier alpha value is -1.52. The van der Waals surface area contributed by atoms with Gasteiger partial charge in [-0.15, -0.1) is 0 Å². The van der Waals surface area contributed by atoms with Gasteiger partial charge in [0.1, 0.15) is 0 Å². The van der Waals surface area contributed by atoms with Crippen LogP contribution >= 0.6 is 15.9 Å². The lowest BCUT2D eigenvalue weighted by atomic mass is 10.2. The maximum absolute atomic E-state index is 10.5. The van der Waals surface area contributed by atoms with Gasteiger partial charge in [0.25, 0.3) is 0 Å². The number of carbonyl (C=O) groups is 1. The zero-order valence-electron chi connectivity index (χ0n) is 6.31. The van der Waals surface area contributed by atoms with E-state index in [0.717, 1.165) is 0 Å². The summed E-state index contributed by atoms with van der Waals surface area (Å²) in [6, 6.07) is 4.24. The number of nitrogens with zero attached hydrogens (tertiary/aromatic N) is 3. The summed E-state index contributed by atoms with van der Waals surface area (Å²) in [5.74, 6) is -1.05. The Balaban J connectivity index is 3.26. The third kappa shape index (κ3) is 2.21. The van der Waals surface area contributed by atoms with E-state index in [-0.39, 0.29) is 11.3 Å². The molecule has 1 rings (SSSR count). The molecule has 0 aliphatic heterocycles. The van der Waals surface area contributed by atoms with Crippen molar-refractivity contribution in [2.75, 3.05) is 0 Å². The Kier molecular flexibility index (Phi) is 2.89. The topological polar surface area (TPSA) is 86.1 Å². The molecule has 0 bridgehead atoms. The van der Waals surface area contributed by atoms with Gasteiger partial charge in [-0.3, -0.25) is 0 Å². The van der Waals surface area contributed by atoms with Crippen LogP contribution < -0.4 is 0 Å². The maximum atomic E-state index is 10.5. The largest absolute Gasteiger partial charge is 0.478 e. The van der Waals surface area contributed by atoms with E-state index in [1.807, 2.05) is 0 Å². The summed E-state index contributed by atoms with van der Waals surface area (Å²) in [5, 5.41) is 11.9. The average molecular weight is 242 g/mol. The third-order valence-corrected chi connectivity index (χ3v) is 2.02. The van der Waals surface area contributed by atoms with Crippen molar-refractivity contribution in [3.05, 3.63) is 38.7 Å². The summed E-state index contributed by atoms with van der Waals surface area (Å²) in [4.78, 5) is 13.1. The molecule has 0 atom stereocenters. The number of halogens is 1. The van der Waals surface area contributed by atoms with Crippen LogP contribution in [0.25, 0.3) is 10.4 Å². The van der Waals surface area contributed by atoms with Gasteiger partial charge in [0.05, 0.1) is 11.3 Å². The number of hydrogen-bond acceptors (Lipinski definition) is 2. The molecular weight excluding hydrogens is 238 g/mol. The van der Waals surface area contributed by atoms with Gasteiger partial charge < -0.3 is 5.11 Å². The van der Waals surface area contributed by atoms with Crippen LogP contribution in [0.2, 0.25) is 0 Å². The molecule has 0 amide bonds. The summed E-state index contributed by atoms with van der Waals surface area (Å²) in [6.07, 6.45) is 0. The fourth-order valence-electron chi connectivity index (χ4n) is 0.771. The summed E-state index contributed by atoms with van der Waals surface area (Å²) < 4.78 is 0.565. The molecule has 13 heavy (non-hydrogen) atoms. The third-order valence-electron chi connectivity index (χ3n) is 1.35. The van der Waals surface area contributed by atoms with Crippen molar-refractivity contribution in [2.24, 2.45) is 5.11 Å². The molecule has 0 heterocycles. The highest BCUT2D eigenvalue weighted by Crippen LogP contribution is 2.26. The highest BCUT2D eigenvalue weighted by molar-refractivity contribution is 9.10. The van der Waals surface area contributed by atoms with Crippen molar-refractivity contribution in [3.63, 3.8) is 0 Å². The molecule has 0 aliphatic rings. The standard InChI is InChI=1S/C7H4BrN3O2/c8-5-2-1-4(7(12)13)3-6(5)10-11-9/h1-3H,(H,12,13). The van der Waals surface area contributed by atoms with E-state index in [2.05, 4.69) is 26.0 Å². The summed E-state index contributed by atoms with van der Waals surface area (Å²) >= 11 is 3.12. The van der Waals surface area contributed by atoms with Crippen LogP contribution in [0.4, 0.5) is 5.69 Å². The van der Waals surface area contributed by atoms with Gasteiger partial charge in [-0.25, -0.2) is 4.79 Å². The van der Waals surface area contributed by atoms with Crippen molar-refractivity contribution in [1.29, 1.82) is 0 Å². The minimum atomic E-state index is -1.05. The summed E-state index contributed by atoms with van der Waals surface area (Å²) in [6.45, 7) is 0. The predicted molar refractivity (Wildman–Crippen MR) is 49.9 cm³/mol. The van der Waals surface area contributed by atoms with E-state index in [1.54, 1.807) is 0 Å². The lowest BCUT2D eigenvalue weighted by Gasteiger charge is -1.98. The van der Waals surface area contributed by atoms with E-state index < -0.39 is 5.97 Å². The second-order valence-electron chi connectivity index (χ2n) is 2.16. The molecule has 0 aliphatic carbocycles. The van der Waals surface area contributed by atoms with Gasteiger partial charge in [0.2, 0.25) is 0 Å². The smallest absolute Gasteiger partial charge is 0.335 e. The molecule has 0 radical (unpaired) electrons. The zero-order valence-corrected chi connectivity index (χ0v) is 7.89. The predicted octanol–water partition coefficient (Wildman–Crippen LogP) is 3.09. The highest BCUT2D eigenvalue weighted by atomic mass is 79.9. The monoisotopic (exact) mass is 241 g/mol. The normalized spacial score (nSPS) is 9.00. The molecule has 66 valence electrons. The Morgan fingerprint density at radius 2 is 2.31 bits per heavy atom. The minimum absolute atomic E-state index is 0.0885. The van der Waals surface area contributed by atoms with Gasteiger partial charge >= 0.3 is 5.97 Å². The first-order chi connectivity index (χ1) is 6.15. The van der Waals surface area contributed by atoms with Crippen molar-refractivity contribution >= 4 is 27.6 Å². The Bertz CT molecular complexity index is 399. The molecule has 0 saturated heterocycles. The molecule has 1 N–H and O–H groups in total. The molecule has 0 fully saturated rings. The lowest BCUT2D eigenvalue weighted by Crippen LogP contribution is -1.94. The van der Waals surface area contributed by atoms with Crippen LogP contribution in [0.1, 0.15) is 10.4 Å². The Morgan fingerprint density at radius 3 is 2.85 bits per heavy atom. The van der Waals surface area contributed by atoms with E-state index in [1.165, 1.54) is 18.2 Å². The first-order valence-electron chi connectivity index (χ1n) is 3.23. The molecule has 0 saturated carbocycles. The van der Waals surface area contributed by atoms with Crippen LogP contribution in [0.15, 0.2) is 27.8 Å². The van der Waals surface area contributed by atoms with Crippen LogP contribution in [-0.2, 0) is 0 Å². The van der Waals surface area contributed by atoms with E-state index in [4.69, 9.17) is 10.6 Å². The summed E-state index contributed by atoms with van der Waals surface area (Å²) in [5.41, 5.74) is 8.52. The van der Waals surface area contributed by atoms with Gasteiger partial charge in [0.15, 0.2) is 0 Å². The second kappa shape index (κ2) is 3.93. The number of azide groups is 1. The molecule has 0 spiro atoms. The Morgan fingerprint density at radius 1 is 1.62 bits per heavy atom. The number of benzene rings is 1. The zero-order chi connectivity index (χ0) is 9.84. The summed E-state index contributed by atoms with van der Waals surface area (Å²) in [7, 11) is 0. The molecule has 0 unspecified atom stereocenters. The fraction of sp³-hybridized carbons (Fsp3) is 0. The number of hydrogen-bond donors (Lipinski definition) is 1. The van der Waals surface area contributed by atoms with Crippen molar-refractivity contribution in [2.45, 2.75) is 0 Å². The van der Waals surface area contributed by atoms with Crippen molar-refractivity contribution < 1.29 is 9.90 Å². The number of carboxylic acid groups (broad SMARTS) is 1. The molecule has 0 aromatic heterocycles.